The summed E-state index contributed by atoms with van der Waals surface area (Å²) in [6.45, 7) is 2.66. The number of sulfonamides is 1. The Bertz CT molecular complexity index is 325. The third-order valence-corrected chi connectivity index (χ3v) is 5.84. The summed E-state index contributed by atoms with van der Waals surface area (Å²) in [5, 5.41) is 11.9. The van der Waals surface area contributed by atoms with Gasteiger partial charge in [0, 0.05) is 26.2 Å². The van der Waals surface area contributed by atoms with Crippen LogP contribution in [-0.2, 0) is 10.0 Å². The summed E-state index contributed by atoms with van der Waals surface area (Å²) in [6, 6.07) is 0. The minimum atomic E-state index is -3.15. The Labute approximate surface area is 96.9 Å². The molecular formula is C10H20N2O3S. The van der Waals surface area contributed by atoms with Crippen molar-refractivity contribution in [3.63, 3.8) is 0 Å². The maximum absolute atomic E-state index is 12.3. The molecule has 2 N–H and O–H groups in total. The Morgan fingerprint density at radius 2 is 2.19 bits per heavy atom. The molecule has 0 aromatic carbocycles. The van der Waals surface area contributed by atoms with Gasteiger partial charge in [-0.2, -0.15) is 0 Å². The molecule has 0 aliphatic carbocycles. The Hall–Kier alpha value is -0.170. The van der Waals surface area contributed by atoms with Crippen molar-refractivity contribution in [3.05, 3.63) is 0 Å². The number of aliphatic hydroxyl groups is 1. The monoisotopic (exact) mass is 248 g/mol. The fraction of sp³-hybridized carbons (Fsp3) is 1.00. The van der Waals surface area contributed by atoms with Crippen molar-refractivity contribution in [2.75, 3.05) is 32.8 Å². The van der Waals surface area contributed by atoms with Gasteiger partial charge in [0.1, 0.15) is 0 Å². The number of aliphatic hydroxyl groups excluding tert-OH is 1. The largest absolute Gasteiger partial charge is 0.396 e. The molecule has 0 bridgehead atoms. The molecule has 0 aromatic heterocycles. The zero-order chi connectivity index (χ0) is 11.6. The van der Waals surface area contributed by atoms with Gasteiger partial charge in [-0.25, -0.2) is 12.7 Å². The Morgan fingerprint density at radius 1 is 1.38 bits per heavy atom. The molecule has 2 saturated heterocycles. The number of rotatable bonds is 3. The number of hydrogen-bond acceptors (Lipinski definition) is 4. The van der Waals surface area contributed by atoms with E-state index in [1.165, 1.54) is 0 Å². The van der Waals surface area contributed by atoms with E-state index >= 15 is 0 Å². The van der Waals surface area contributed by atoms with Crippen molar-refractivity contribution in [1.29, 1.82) is 0 Å². The number of piperidine rings is 1. The SMILES string of the molecule is O=S(=O)(C1CCCNC1)N1CCC(CO)C1. The van der Waals surface area contributed by atoms with Crippen LogP contribution in [0.2, 0.25) is 0 Å². The second-order valence-electron chi connectivity index (χ2n) is 4.71. The molecular weight excluding hydrogens is 228 g/mol. The van der Waals surface area contributed by atoms with Gasteiger partial charge in [0.05, 0.1) is 5.25 Å². The van der Waals surface area contributed by atoms with Gasteiger partial charge < -0.3 is 10.4 Å². The van der Waals surface area contributed by atoms with E-state index in [9.17, 15) is 8.42 Å². The third kappa shape index (κ3) is 2.40. The summed E-state index contributed by atoms with van der Waals surface area (Å²) in [5.41, 5.74) is 0. The zero-order valence-corrected chi connectivity index (χ0v) is 10.2. The van der Waals surface area contributed by atoms with Crippen molar-refractivity contribution in [2.24, 2.45) is 5.92 Å². The Morgan fingerprint density at radius 3 is 2.75 bits per heavy atom. The van der Waals surface area contributed by atoms with Crippen LogP contribution in [-0.4, -0.2) is 55.9 Å². The molecule has 2 atom stereocenters. The maximum atomic E-state index is 12.3. The van der Waals surface area contributed by atoms with Crippen LogP contribution in [0.5, 0.6) is 0 Å². The Kier molecular flexibility index (Phi) is 3.84. The lowest BCUT2D eigenvalue weighted by atomic mass is 10.1. The first-order chi connectivity index (χ1) is 7.64. The summed E-state index contributed by atoms with van der Waals surface area (Å²) in [5.74, 6) is 0.131. The van der Waals surface area contributed by atoms with Crippen LogP contribution in [0.3, 0.4) is 0 Å². The summed E-state index contributed by atoms with van der Waals surface area (Å²) in [7, 11) is -3.15. The van der Waals surface area contributed by atoms with Crippen molar-refractivity contribution in [3.8, 4) is 0 Å². The van der Waals surface area contributed by atoms with Crippen LogP contribution < -0.4 is 5.32 Å². The van der Waals surface area contributed by atoms with Gasteiger partial charge in [-0.1, -0.05) is 0 Å². The second kappa shape index (κ2) is 5.00. The number of nitrogens with zero attached hydrogens (tertiary/aromatic N) is 1. The molecule has 2 unspecified atom stereocenters. The topological polar surface area (TPSA) is 69.6 Å². The highest BCUT2D eigenvalue weighted by atomic mass is 32.2. The van der Waals surface area contributed by atoms with Gasteiger partial charge >= 0.3 is 0 Å². The minimum absolute atomic E-state index is 0.0922. The van der Waals surface area contributed by atoms with Crippen molar-refractivity contribution in [1.82, 2.24) is 9.62 Å². The molecule has 0 amide bonds. The maximum Gasteiger partial charge on any atom is 0.218 e. The van der Waals surface area contributed by atoms with E-state index in [-0.39, 0.29) is 17.8 Å². The quantitative estimate of drug-likeness (QED) is 0.698. The molecule has 16 heavy (non-hydrogen) atoms. The van der Waals surface area contributed by atoms with Gasteiger partial charge in [-0.15, -0.1) is 0 Å². The Balaban J connectivity index is 2.01. The van der Waals surface area contributed by atoms with E-state index in [0.717, 1.165) is 25.8 Å². The molecule has 2 aliphatic heterocycles. The summed E-state index contributed by atoms with van der Waals surface area (Å²) in [4.78, 5) is 0. The molecule has 0 spiro atoms. The zero-order valence-electron chi connectivity index (χ0n) is 9.43. The van der Waals surface area contributed by atoms with E-state index in [4.69, 9.17) is 5.11 Å². The van der Waals surface area contributed by atoms with Gasteiger partial charge in [0.25, 0.3) is 0 Å². The van der Waals surface area contributed by atoms with Gasteiger partial charge in [-0.05, 0) is 31.7 Å². The molecule has 2 fully saturated rings. The van der Waals surface area contributed by atoms with Gasteiger partial charge in [0.15, 0.2) is 0 Å². The van der Waals surface area contributed by atoms with E-state index in [1.54, 1.807) is 4.31 Å². The average molecular weight is 248 g/mol. The van der Waals surface area contributed by atoms with Crippen LogP contribution in [0.15, 0.2) is 0 Å². The molecule has 0 saturated carbocycles. The van der Waals surface area contributed by atoms with Crippen molar-refractivity contribution < 1.29 is 13.5 Å². The third-order valence-electron chi connectivity index (χ3n) is 3.54. The highest BCUT2D eigenvalue weighted by molar-refractivity contribution is 7.89. The molecule has 94 valence electrons. The normalized spacial score (nSPS) is 33.1. The van der Waals surface area contributed by atoms with Crippen molar-refractivity contribution in [2.45, 2.75) is 24.5 Å². The van der Waals surface area contributed by atoms with E-state index in [1.807, 2.05) is 0 Å². The molecule has 2 heterocycles. The number of nitrogens with one attached hydrogen (secondary N) is 1. The first-order valence-electron chi connectivity index (χ1n) is 5.95. The summed E-state index contributed by atoms with van der Waals surface area (Å²) >= 11 is 0. The standard InChI is InChI=1S/C10H20N2O3S/c13-8-9-3-5-12(7-9)16(14,15)10-2-1-4-11-6-10/h9-11,13H,1-8H2. The lowest BCUT2D eigenvalue weighted by Crippen LogP contribution is -2.45. The highest BCUT2D eigenvalue weighted by Crippen LogP contribution is 2.23. The predicted molar refractivity (Wildman–Crippen MR) is 61.6 cm³/mol. The summed E-state index contributed by atoms with van der Waals surface area (Å²) in [6.07, 6.45) is 2.48. The fourth-order valence-corrected chi connectivity index (χ4v) is 4.46. The lowest BCUT2D eigenvalue weighted by Gasteiger charge is -2.27. The van der Waals surface area contributed by atoms with Gasteiger partial charge in [0.2, 0.25) is 10.0 Å². The molecule has 2 aliphatic rings. The van der Waals surface area contributed by atoms with Crippen molar-refractivity contribution >= 4 is 10.0 Å². The van der Waals surface area contributed by atoms with Crippen LogP contribution in [0.25, 0.3) is 0 Å². The molecule has 6 heteroatoms. The lowest BCUT2D eigenvalue weighted by molar-refractivity contribution is 0.233. The van der Waals surface area contributed by atoms with E-state index in [0.29, 0.717) is 19.6 Å². The minimum Gasteiger partial charge on any atom is -0.396 e. The van der Waals surface area contributed by atoms with Crippen LogP contribution in [0.4, 0.5) is 0 Å². The molecule has 2 rings (SSSR count). The number of hydrogen-bond donors (Lipinski definition) is 2. The molecule has 0 aromatic rings. The smallest absolute Gasteiger partial charge is 0.218 e. The first kappa shape index (κ1) is 12.3. The second-order valence-corrected chi connectivity index (χ2v) is 6.92. The van der Waals surface area contributed by atoms with Gasteiger partial charge in [-0.3, -0.25) is 0 Å². The highest BCUT2D eigenvalue weighted by Gasteiger charge is 2.37. The van der Waals surface area contributed by atoms with Crippen LogP contribution in [0.1, 0.15) is 19.3 Å². The van der Waals surface area contributed by atoms with E-state index in [2.05, 4.69) is 5.32 Å². The van der Waals surface area contributed by atoms with Crippen LogP contribution >= 0.6 is 0 Å². The van der Waals surface area contributed by atoms with E-state index < -0.39 is 10.0 Å². The predicted octanol–water partition coefficient (Wildman–Crippen LogP) is -0.618. The average Bonchev–Trinajstić information content (AvgIpc) is 2.79. The fourth-order valence-electron chi connectivity index (χ4n) is 2.46. The summed E-state index contributed by atoms with van der Waals surface area (Å²) < 4.78 is 26.1. The molecule has 5 nitrogen and oxygen atoms in total. The van der Waals surface area contributed by atoms with Crippen LogP contribution in [0, 0.1) is 5.92 Å². The molecule has 0 radical (unpaired) electrons. The first-order valence-corrected chi connectivity index (χ1v) is 7.45.